The van der Waals surface area contributed by atoms with Crippen molar-refractivity contribution in [3.63, 3.8) is 0 Å². The molecular formula is C19H22N4O2. The second-order valence-electron chi connectivity index (χ2n) is 5.88. The summed E-state index contributed by atoms with van der Waals surface area (Å²) in [6.07, 6.45) is 2.55. The lowest BCUT2D eigenvalue weighted by atomic mass is 10.1. The Balaban J connectivity index is 1.80. The highest BCUT2D eigenvalue weighted by molar-refractivity contribution is 5.75. The SMILES string of the molecule is CN(C)c1ccccc1-c1cn(-c2ccc(OCCCO)cc2)nn1. The van der Waals surface area contributed by atoms with Gasteiger partial charge in [-0.15, -0.1) is 5.10 Å². The van der Waals surface area contributed by atoms with Gasteiger partial charge >= 0.3 is 0 Å². The average molecular weight is 338 g/mol. The number of anilines is 1. The predicted octanol–water partition coefficient (Wildman–Crippen LogP) is 2.76. The summed E-state index contributed by atoms with van der Waals surface area (Å²) in [7, 11) is 4.03. The molecule has 0 radical (unpaired) electrons. The van der Waals surface area contributed by atoms with Crippen molar-refractivity contribution in [2.45, 2.75) is 6.42 Å². The van der Waals surface area contributed by atoms with Gasteiger partial charge in [0.2, 0.25) is 0 Å². The van der Waals surface area contributed by atoms with E-state index >= 15 is 0 Å². The first-order valence-corrected chi connectivity index (χ1v) is 8.22. The highest BCUT2D eigenvalue weighted by Gasteiger charge is 2.11. The van der Waals surface area contributed by atoms with E-state index in [2.05, 4.69) is 21.3 Å². The number of hydrogen-bond donors (Lipinski definition) is 1. The molecule has 0 bridgehead atoms. The molecule has 0 aliphatic rings. The number of aliphatic hydroxyl groups is 1. The van der Waals surface area contributed by atoms with Crippen LogP contribution in [-0.4, -0.2) is 47.4 Å². The summed E-state index contributed by atoms with van der Waals surface area (Å²) in [5, 5.41) is 17.3. The smallest absolute Gasteiger partial charge is 0.119 e. The van der Waals surface area contributed by atoms with E-state index in [9.17, 15) is 0 Å². The van der Waals surface area contributed by atoms with E-state index in [1.807, 2.05) is 62.8 Å². The molecule has 0 saturated carbocycles. The van der Waals surface area contributed by atoms with Gasteiger partial charge in [-0.2, -0.15) is 0 Å². The minimum Gasteiger partial charge on any atom is -0.494 e. The molecule has 1 N–H and O–H groups in total. The molecule has 25 heavy (non-hydrogen) atoms. The van der Waals surface area contributed by atoms with Gasteiger partial charge in [0.1, 0.15) is 11.4 Å². The van der Waals surface area contributed by atoms with E-state index in [1.54, 1.807) is 4.68 Å². The Bertz CT molecular complexity index is 812. The van der Waals surface area contributed by atoms with E-state index in [0.717, 1.165) is 28.4 Å². The number of para-hydroxylation sites is 1. The molecule has 130 valence electrons. The predicted molar refractivity (Wildman–Crippen MR) is 98.3 cm³/mol. The van der Waals surface area contributed by atoms with Crippen molar-refractivity contribution in [3.05, 3.63) is 54.7 Å². The first-order valence-electron chi connectivity index (χ1n) is 8.22. The Morgan fingerprint density at radius 2 is 1.84 bits per heavy atom. The maximum absolute atomic E-state index is 8.79. The van der Waals surface area contributed by atoms with Crippen molar-refractivity contribution in [2.24, 2.45) is 0 Å². The second-order valence-corrected chi connectivity index (χ2v) is 5.88. The van der Waals surface area contributed by atoms with Crippen molar-refractivity contribution in [2.75, 3.05) is 32.2 Å². The average Bonchev–Trinajstić information content (AvgIpc) is 3.12. The van der Waals surface area contributed by atoms with Gasteiger partial charge in [-0.1, -0.05) is 23.4 Å². The third kappa shape index (κ3) is 3.97. The van der Waals surface area contributed by atoms with Crippen LogP contribution in [0, 0.1) is 0 Å². The van der Waals surface area contributed by atoms with Gasteiger partial charge in [-0.3, -0.25) is 0 Å². The molecule has 6 heteroatoms. The minimum atomic E-state index is 0.133. The van der Waals surface area contributed by atoms with Crippen LogP contribution < -0.4 is 9.64 Å². The van der Waals surface area contributed by atoms with Gasteiger partial charge in [-0.25, -0.2) is 4.68 Å². The lowest BCUT2D eigenvalue weighted by Gasteiger charge is -2.15. The molecule has 0 aliphatic heterocycles. The molecule has 6 nitrogen and oxygen atoms in total. The van der Waals surface area contributed by atoms with Crippen molar-refractivity contribution >= 4 is 5.69 Å². The molecule has 3 rings (SSSR count). The molecule has 3 aromatic rings. The number of rotatable bonds is 7. The largest absolute Gasteiger partial charge is 0.494 e. The summed E-state index contributed by atoms with van der Waals surface area (Å²) in [6.45, 7) is 0.638. The van der Waals surface area contributed by atoms with Crippen LogP contribution in [0.2, 0.25) is 0 Å². The van der Waals surface area contributed by atoms with Gasteiger partial charge in [0.25, 0.3) is 0 Å². The summed E-state index contributed by atoms with van der Waals surface area (Å²) < 4.78 is 7.29. The maximum atomic E-state index is 8.79. The Labute approximate surface area is 147 Å². The van der Waals surface area contributed by atoms with Gasteiger partial charge in [0.15, 0.2) is 0 Å². The Morgan fingerprint density at radius 3 is 2.56 bits per heavy atom. The number of aromatic nitrogens is 3. The minimum absolute atomic E-state index is 0.133. The van der Waals surface area contributed by atoms with Crippen LogP contribution in [0.3, 0.4) is 0 Å². The molecule has 0 saturated heterocycles. The summed E-state index contributed by atoms with van der Waals surface area (Å²) in [6, 6.07) is 15.8. The molecule has 1 heterocycles. The third-order valence-electron chi connectivity index (χ3n) is 3.83. The van der Waals surface area contributed by atoms with E-state index in [0.29, 0.717) is 13.0 Å². The number of hydrogen-bond acceptors (Lipinski definition) is 5. The Kier molecular flexibility index (Phi) is 5.30. The lowest BCUT2D eigenvalue weighted by molar-refractivity contribution is 0.233. The van der Waals surface area contributed by atoms with Crippen molar-refractivity contribution in [3.8, 4) is 22.7 Å². The monoisotopic (exact) mass is 338 g/mol. The van der Waals surface area contributed by atoms with E-state index in [4.69, 9.17) is 9.84 Å². The van der Waals surface area contributed by atoms with Gasteiger partial charge in [0, 0.05) is 38.4 Å². The van der Waals surface area contributed by atoms with Crippen molar-refractivity contribution < 1.29 is 9.84 Å². The van der Waals surface area contributed by atoms with Crippen LogP contribution >= 0.6 is 0 Å². The second kappa shape index (κ2) is 7.81. The summed E-state index contributed by atoms with van der Waals surface area (Å²) in [4.78, 5) is 2.06. The summed E-state index contributed by atoms with van der Waals surface area (Å²) in [5.41, 5.74) is 3.88. The van der Waals surface area contributed by atoms with Crippen LogP contribution in [0.1, 0.15) is 6.42 Å². The zero-order valence-corrected chi connectivity index (χ0v) is 14.5. The molecule has 0 unspecified atom stereocenters. The molecule has 0 aliphatic carbocycles. The Hall–Kier alpha value is -2.86. The Morgan fingerprint density at radius 1 is 1.08 bits per heavy atom. The number of aliphatic hydroxyl groups excluding tert-OH is 1. The standard InChI is InChI=1S/C19H22N4O2/c1-22(2)19-7-4-3-6-17(19)18-14-23(21-20-18)15-8-10-16(11-9-15)25-13-5-12-24/h3-4,6-11,14,24H,5,12-13H2,1-2H3. The zero-order valence-electron chi connectivity index (χ0n) is 14.5. The van der Waals surface area contributed by atoms with Gasteiger partial charge in [-0.05, 0) is 30.3 Å². The molecule has 0 spiro atoms. The summed E-state index contributed by atoms with van der Waals surface area (Å²) >= 11 is 0. The van der Waals surface area contributed by atoms with E-state index in [-0.39, 0.29) is 6.61 Å². The molecule has 1 aromatic heterocycles. The number of nitrogens with zero attached hydrogens (tertiary/aromatic N) is 4. The fourth-order valence-electron chi connectivity index (χ4n) is 2.54. The first kappa shape index (κ1) is 17.0. The van der Waals surface area contributed by atoms with Gasteiger partial charge in [0.05, 0.1) is 18.5 Å². The maximum Gasteiger partial charge on any atom is 0.119 e. The fraction of sp³-hybridized carbons (Fsp3) is 0.263. The van der Waals surface area contributed by atoms with Crippen LogP contribution in [0.25, 0.3) is 16.9 Å². The summed E-state index contributed by atoms with van der Waals surface area (Å²) in [5.74, 6) is 0.774. The molecule has 0 atom stereocenters. The van der Waals surface area contributed by atoms with Crippen LogP contribution in [0.5, 0.6) is 5.75 Å². The van der Waals surface area contributed by atoms with Crippen LogP contribution in [0.4, 0.5) is 5.69 Å². The molecule has 0 fully saturated rings. The first-order chi connectivity index (χ1) is 12.2. The molecule has 2 aromatic carbocycles. The topological polar surface area (TPSA) is 63.4 Å². The quantitative estimate of drug-likeness (QED) is 0.671. The van der Waals surface area contributed by atoms with E-state index in [1.165, 1.54) is 0 Å². The number of benzene rings is 2. The highest BCUT2D eigenvalue weighted by Crippen LogP contribution is 2.28. The molecular weight excluding hydrogens is 316 g/mol. The molecule has 0 amide bonds. The normalized spacial score (nSPS) is 10.7. The van der Waals surface area contributed by atoms with Crippen molar-refractivity contribution in [1.82, 2.24) is 15.0 Å². The van der Waals surface area contributed by atoms with Crippen molar-refractivity contribution in [1.29, 1.82) is 0 Å². The van der Waals surface area contributed by atoms with Crippen LogP contribution in [0.15, 0.2) is 54.7 Å². The highest BCUT2D eigenvalue weighted by atomic mass is 16.5. The lowest BCUT2D eigenvalue weighted by Crippen LogP contribution is -2.09. The fourth-order valence-corrected chi connectivity index (χ4v) is 2.54. The number of ether oxygens (including phenoxy) is 1. The van der Waals surface area contributed by atoms with Crippen LogP contribution in [-0.2, 0) is 0 Å². The van der Waals surface area contributed by atoms with Gasteiger partial charge < -0.3 is 14.7 Å². The van der Waals surface area contributed by atoms with E-state index < -0.39 is 0 Å². The third-order valence-corrected chi connectivity index (χ3v) is 3.83. The zero-order chi connectivity index (χ0) is 17.6.